The molecule has 0 aliphatic carbocycles. The average Bonchev–Trinajstić information content (AvgIpc) is 2.84. The molecule has 1 radical (unpaired) electrons. The molecule has 12 nitrogen and oxygen atoms in total. The molecule has 0 heterocycles. The predicted molar refractivity (Wildman–Crippen MR) is 118 cm³/mol. The van der Waals surface area contributed by atoms with Crippen molar-refractivity contribution in [1.29, 1.82) is 0 Å². The van der Waals surface area contributed by atoms with E-state index in [2.05, 4.69) is 0 Å². The zero-order valence-electron chi connectivity index (χ0n) is 19.3. The second kappa shape index (κ2) is 18.0. The van der Waals surface area contributed by atoms with Crippen molar-refractivity contribution in [2.75, 3.05) is 0 Å². The number of carbonyl (C=O) groups is 6. The summed E-state index contributed by atoms with van der Waals surface area (Å²) in [5.74, 6) is -7.66. The molecular formula is C24H17CuKO12. The molecule has 0 amide bonds. The molecule has 0 fully saturated rings. The van der Waals surface area contributed by atoms with Crippen LogP contribution in [0, 0.1) is 0 Å². The number of rotatable bonds is 6. The van der Waals surface area contributed by atoms with Crippen molar-refractivity contribution >= 4 is 35.8 Å². The van der Waals surface area contributed by atoms with Gasteiger partial charge in [0.25, 0.3) is 0 Å². The van der Waals surface area contributed by atoms with Crippen molar-refractivity contribution in [2.24, 2.45) is 0 Å². The predicted octanol–water partition coefficient (Wildman–Crippen LogP) is -1.08. The van der Waals surface area contributed by atoms with Crippen LogP contribution in [0.4, 0.5) is 0 Å². The molecule has 14 heteroatoms. The van der Waals surface area contributed by atoms with Crippen LogP contribution in [0.25, 0.3) is 0 Å². The largest absolute Gasteiger partial charge is 1.00 e. The van der Waals surface area contributed by atoms with Crippen molar-refractivity contribution in [1.82, 2.24) is 0 Å². The average molecular weight is 600 g/mol. The van der Waals surface area contributed by atoms with Gasteiger partial charge < -0.3 is 35.4 Å². The summed E-state index contributed by atoms with van der Waals surface area (Å²) in [5, 5.41) is 53.1. The van der Waals surface area contributed by atoms with Gasteiger partial charge in [-0.25, -0.2) is 24.0 Å². The summed E-state index contributed by atoms with van der Waals surface area (Å²) >= 11 is 0. The monoisotopic (exact) mass is 599 g/mol. The first-order chi connectivity index (χ1) is 16.9. The molecule has 3 rings (SSSR count). The topological polar surface area (TPSA) is 227 Å². The third kappa shape index (κ3) is 11.4. The number of carboxylic acid groups (broad SMARTS) is 6. The molecule has 0 saturated heterocycles. The van der Waals surface area contributed by atoms with E-state index in [0.29, 0.717) is 0 Å². The molecule has 0 aliphatic rings. The molecule has 38 heavy (non-hydrogen) atoms. The van der Waals surface area contributed by atoms with Crippen LogP contribution in [0.3, 0.4) is 0 Å². The Morgan fingerprint density at radius 2 is 0.579 bits per heavy atom. The summed E-state index contributed by atoms with van der Waals surface area (Å²) in [5.41, 5.74) is -1.31. The van der Waals surface area contributed by atoms with Crippen molar-refractivity contribution in [3.05, 3.63) is 106 Å². The molecule has 0 aromatic heterocycles. The van der Waals surface area contributed by atoms with Gasteiger partial charge in [0.2, 0.25) is 0 Å². The molecule has 0 unspecified atom stereocenters. The first-order valence-corrected chi connectivity index (χ1v) is 9.53. The summed E-state index contributed by atoms with van der Waals surface area (Å²) in [6.07, 6.45) is 0. The van der Waals surface area contributed by atoms with Crippen LogP contribution in [0.2, 0.25) is 0 Å². The smallest absolute Gasteiger partial charge is 0.545 e. The third-order valence-corrected chi connectivity index (χ3v) is 4.15. The minimum atomic E-state index is -1.48. The molecule has 197 valence electrons. The standard InChI is InChI=1S/3C8H6O4.Cu.K/c3*9-7(10)5-3-1-2-4-6(5)8(11)12;;/h3*1-4H,(H,9,10)(H,11,12);;/q;;;;+1/p-1. The molecule has 5 N–H and O–H groups in total. The van der Waals surface area contributed by atoms with E-state index in [1.807, 2.05) is 0 Å². The first-order valence-electron chi connectivity index (χ1n) is 9.53. The van der Waals surface area contributed by atoms with E-state index in [-0.39, 0.29) is 102 Å². The minimum Gasteiger partial charge on any atom is -0.545 e. The summed E-state index contributed by atoms with van der Waals surface area (Å²) in [4.78, 5) is 62.6. The Labute approximate surface area is 267 Å². The van der Waals surface area contributed by atoms with Gasteiger partial charge in [-0.3, -0.25) is 0 Å². The first kappa shape index (κ1) is 36.8. The summed E-state index contributed by atoms with van der Waals surface area (Å²) in [6.45, 7) is 0. The Balaban J connectivity index is 0. The molecular weight excluding hydrogens is 583 g/mol. The van der Waals surface area contributed by atoms with Crippen LogP contribution in [-0.4, -0.2) is 61.3 Å². The van der Waals surface area contributed by atoms with E-state index in [1.54, 1.807) is 0 Å². The Morgan fingerprint density at radius 3 is 0.711 bits per heavy atom. The van der Waals surface area contributed by atoms with E-state index in [4.69, 9.17) is 25.5 Å². The molecule has 3 aromatic carbocycles. The summed E-state index contributed by atoms with van der Waals surface area (Å²) < 4.78 is 0. The summed E-state index contributed by atoms with van der Waals surface area (Å²) in [6, 6.07) is 16.3. The van der Waals surface area contributed by atoms with Crippen LogP contribution in [0.1, 0.15) is 62.1 Å². The molecule has 0 aliphatic heterocycles. The van der Waals surface area contributed by atoms with E-state index in [9.17, 15) is 33.9 Å². The number of hydrogen-bond donors (Lipinski definition) is 5. The van der Waals surface area contributed by atoms with Gasteiger partial charge in [0, 0.05) is 22.6 Å². The van der Waals surface area contributed by atoms with Crippen LogP contribution < -0.4 is 56.5 Å². The Hall–Kier alpha value is -3.36. The maximum Gasteiger partial charge on any atom is 1.00 e. The fourth-order valence-corrected chi connectivity index (χ4v) is 2.56. The van der Waals surface area contributed by atoms with Crippen molar-refractivity contribution in [3.63, 3.8) is 0 Å². The number of carbonyl (C=O) groups excluding carboxylic acids is 1. The Bertz CT molecular complexity index is 1060. The Kier molecular flexibility index (Phi) is 17.4. The van der Waals surface area contributed by atoms with Gasteiger partial charge in [-0.2, -0.15) is 0 Å². The van der Waals surface area contributed by atoms with Gasteiger partial charge in [0.1, 0.15) is 0 Å². The number of aromatic carboxylic acids is 6. The van der Waals surface area contributed by atoms with Gasteiger partial charge >= 0.3 is 81.2 Å². The third-order valence-electron chi connectivity index (χ3n) is 4.15. The van der Waals surface area contributed by atoms with Crippen LogP contribution in [0.15, 0.2) is 72.8 Å². The second-order valence-corrected chi connectivity index (χ2v) is 6.45. The van der Waals surface area contributed by atoms with Crippen molar-refractivity contribution in [2.45, 2.75) is 0 Å². The fourth-order valence-electron chi connectivity index (χ4n) is 2.56. The van der Waals surface area contributed by atoms with E-state index < -0.39 is 35.8 Å². The van der Waals surface area contributed by atoms with Crippen molar-refractivity contribution in [3.8, 4) is 0 Å². The maximum atomic E-state index is 10.5. The zero-order chi connectivity index (χ0) is 27.4. The van der Waals surface area contributed by atoms with Gasteiger partial charge in [-0.1, -0.05) is 42.5 Å². The van der Waals surface area contributed by atoms with E-state index in [1.165, 1.54) is 72.8 Å². The van der Waals surface area contributed by atoms with Crippen LogP contribution >= 0.6 is 0 Å². The van der Waals surface area contributed by atoms with Gasteiger partial charge in [-0.15, -0.1) is 0 Å². The zero-order valence-corrected chi connectivity index (χ0v) is 23.4. The summed E-state index contributed by atoms with van der Waals surface area (Å²) in [7, 11) is 0. The van der Waals surface area contributed by atoms with Crippen molar-refractivity contribution < 1.29 is 128 Å². The van der Waals surface area contributed by atoms with Crippen LogP contribution in [0.5, 0.6) is 0 Å². The molecule has 0 saturated carbocycles. The molecule has 0 atom stereocenters. The quantitative estimate of drug-likeness (QED) is 0.213. The van der Waals surface area contributed by atoms with Gasteiger partial charge in [0.05, 0.1) is 33.8 Å². The second-order valence-electron chi connectivity index (χ2n) is 6.45. The van der Waals surface area contributed by atoms with E-state index in [0.717, 1.165) is 0 Å². The number of benzene rings is 3. The maximum absolute atomic E-state index is 10.5. The SMILES string of the molecule is O=C(O)c1ccccc1C(=O)O.O=C(O)c1ccccc1C(=O)O.O=C([O-])c1ccccc1C(=O)O.[Cu].[K+]. The molecule has 0 spiro atoms. The Morgan fingerprint density at radius 1 is 0.421 bits per heavy atom. The van der Waals surface area contributed by atoms with Gasteiger partial charge in [0.15, 0.2) is 0 Å². The number of hydrogen-bond acceptors (Lipinski definition) is 7. The normalized spacial score (nSPS) is 8.84. The fraction of sp³-hybridized carbons (Fsp3) is 0. The van der Waals surface area contributed by atoms with Crippen LogP contribution in [-0.2, 0) is 17.1 Å². The molecule has 3 aromatic rings. The minimum absolute atomic E-state index is 0. The van der Waals surface area contributed by atoms with Gasteiger partial charge in [-0.05, 0) is 30.3 Å². The van der Waals surface area contributed by atoms with E-state index >= 15 is 0 Å². The number of carboxylic acids is 6. The molecule has 0 bridgehead atoms.